The molecule has 39 heavy (non-hydrogen) atoms. The molecule has 2 atom stereocenters. The Morgan fingerprint density at radius 1 is 1.18 bits per heavy atom. The molecule has 5 rings (SSSR count). The summed E-state index contributed by atoms with van der Waals surface area (Å²) in [5, 5.41) is 17.5. The molecule has 1 unspecified atom stereocenters. The number of alkyl halides is 2. The predicted molar refractivity (Wildman–Crippen MR) is 137 cm³/mol. The highest BCUT2D eigenvalue weighted by Gasteiger charge is 2.40. The van der Waals surface area contributed by atoms with Crippen LogP contribution in [0.25, 0.3) is 11.0 Å². The van der Waals surface area contributed by atoms with Gasteiger partial charge in [0.1, 0.15) is 0 Å². The Labute approximate surface area is 225 Å². The lowest BCUT2D eigenvalue weighted by atomic mass is 10.0. The van der Waals surface area contributed by atoms with E-state index in [1.165, 1.54) is 40.1 Å². The van der Waals surface area contributed by atoms with Crippen LogP contribution in [0.2, 0.25) is 5.02 Å². The third-order valence-corrected chi connectivity index (χ3v) is 7.05. The molecule has 11 nitrogen and oxygen atoms in total. The highest BCUT2D eigenvalue weighted by atomic mass is 35.5. The first-order chi connectivity index (χ1) is 18.5. The molecule has 2 aliphatic rings. The van der Waals surface area contributed by atoms with Crippen molar-refractivity contribution in [2.24, 2.45) is 0 Å². The van der Waals surface area contributed by atoms with E-state index in [0.717, 1.165) is 0 Å². The fourth-order valence-electron chi connectivity index (χ4n) is 4.53. The fourth-order valence-corrected chi connectivity index (χ4v) is 4.73. The van der Waals surface area contributed by atoms with Crippen LogP contribution in [0, 0.1) is 0 Å². The van der Waals surface area contributed by atoms with Crippen LogP contribution in [-0.4, -0.2) is 77.3 Å². The minimum atomic E-state index is -2.82. The maximum absolute atomic E-state index is 13.5. The minimum Gasteiger partial charge on any atom is -0.380 e. The van der Waals surface area contributed by atoms with Crippen molar-refractivity contribution >= 4 is 57.5 Å². The second-order valence-electron chi connectivity index (χ2n) is 9.31. The molecule has 3 amide bonds. The van der Waals surface area contributed by atoms with Crippen molar-refractivity contribution in [1.29, 1.82) is 0 Å². The smallest absolute Gasteiger partial charge is 0.259 e. The largest absolute Gasteiger partial charge is 0.380 e. The zero-order valence-corrected chi connectivity index (χ0v) is 21.2. The normalized spacial score (nSPS) is 20.2. The number of fused-ring (bicyclic) bond motifs is 1. The van der Waals surface area contributed by atoms with Gasteiger partial charge in [-0.05, 0) is 30.3 Å². The number of morpholine rings is 1. The molecule has 4 N–H and O–H groups in total. The van der Waals surface area contributed by atoms with E-state index in [9.17, 15) is 28.3 Å². The molecular weight excluding hydrogens is 540 g/mol. The van der Waals surface area contributed by atoms with Crippen molar-refractivity contribution < 1.29 is 37.5 Å². The van der Waals surface area contributed by atoms with Crippen LogP contribution in [0.15, 0.2) is 40.9 Å². The lowest BCUT2D eigenvalue weighted by Crippen LogP contribution is -2.55. The number of anilines is 3. The summed E-state index contributed by atoms with van der Waals surface area (Å²) in [6.07, 6.45) is -4.28. The molecule has 0 saturated carbocycles. The number of carbonyl (C=O) groups excluding carboxylic acids is 3. The van der Waals surface area contributed by atoms with Crippen LogP contribution in [-0.2, 0) is 14.3 Å². The lowest BCUT2D eigenvalue weighted by Gasteiger charge is -2.35. The number of hydrogen-bond acceptors (Lipinski definition) is 8. The summed E-state index contributed by atoms with van der Waals surface area (Å²) in [7, 11) is 0. The second-order valence-corrected chi connectivity index (χ2v) is 9.71. The average Bonchev–Trinajstić information content (AvgIpc) is 3.28. The van der Waals surface area contributed by atoms with Gasteiger partial charge in [-0.1, -0.05) is 16.8 Å². The zero-order chi connectivity index (χ0) is 27.9. The van der Waals surface area contributed by atoms with E-state index >= 15 is 0 Å². The molecule has 0 radical (unpaired) electrons. The Hall–Kier alpha value is -3.81. The van der Waals surface area contributed by atoms with E-state index in [1.807, 2.05) is 0 Å². The Morgan fingerprint density at radius 3 is 2.67 bits per heavy atom. The van der Waals surface area contributed by atoms with Crippen molar-refractivity contribution in [3.63, 3.8) is 0 Å². The number of hydrogen-bond donors (Lipinski definition) is 3. The van der Waals surface area contributed by atoms with Crippen LogP contribution in [0.5, 0.6) is 0 Å². The first-order valence-corrected chi connectivity index (χ1v) is 12.5. The monoisotopic (exact) mass is 563 g/mol. The molecule has 3 aromatic rings. The van der Waals surface area contributed by atoms with Crippen LogP contribution in [0.1, 0.15) is 23.2 Å². The van der Waals surface area contributed by atoms with Gasteiger partial charge in [0.05, 0.1) is 22.6 Å². The summed E-state index contributed by atoms with van der Waals surface area (Å²) in [6, 6.07) is 8.91. The zero-order valence-electron chi connectivity index (χ0n) is 20.4. The summed E-state index contributed by atoms with van der Waals surface area (Å²) in [5.41, 5.74) is 6.62. The van der Waals surface area contributed by atoms with Gasteiger partial charge in [0, 0.05) is 49.9 Å². The predicted octanol–water partition coefficient (Wildman–Crippen LogP) is 2.67. The number of amides is 3. The van der Waals surface area contributed by atoms with Gasteiger partial charge in [-0.2, -0.15) is 0 Å². The summed E-state index contributed by atoms with van der Waals surface area (Å²) < 4.78 is 37.6. The average molecular weight is 564 g/mol. The molecule has 0 bridgehead atoms. The molecule has 1 aromatic heterocycles. The summed E-state index contributed by atoms with van der Waals surface area (Å²) >= 11 is 6.24. The third-order valence-electron chi connectivity index (χ3n) is 6.72. The molecule has 0 spiro atoms. The molecule has 2 saturated heterocycles. The summed E-state index contributed by atoms with van der Waals surface area (Å²) in [5.74, 6) is -4.76. The minimum absolute atomic E-state index is 0.00282. The number of likely N-dealkylation sites (tertiary alicyclic amines) is 1. The number of nitrogen functional groups attached to an aromatic ring is 1. The Morgan fingerprint density at radius 2 is 1.92 bits per heavy atom. The molecular formula is C25H24ClF2N5O6. The summed E-state index contributed by atoms with van der Waals surface area (Å²) in [6.45, 7) is -0.165. The number of nitrogens with two attached hydrogens (primary N) is 1. The van der Waals surface area contributed by atoms with Crippen LogP contribution in [0.4, 0.5) is 26.0 Å². The standard InChI is InChI=1S/C25H24ClF2N5O6/c26-17-4-2-14(12-16(17)23(36)32-7-5-25(27,28)6-8-32)33-9-10-38-20(24(33)37)19(34)22(35)30-13-1-3-15-18(11-13)39-31-21(15)29/h1-4,11-12,19-20,34H,5-10H2,(H2,29,31)(H,30,35)/t19-,20?/m1/s1. The molecule has 14 heteroatoms. The van der Waals surface area contributed by atoms with Gasteiger partial charge in [0.15, 0.2) is 23.6 Å². The van der Waals surface area contributed by atoms with Crippen molar-refractivity contribution in [2.45, 2.75) is 31.0 Å². The van der Waals surface area contributed by atoms with Crippen LogP contribution >= 0.6 is 11.6 Å². The van der Waals surface area contributed by atoms with Gasteiger partial charge in [0.25, 0.3) is 23.6 Å². The highest BCUT2D eigenvalue weighted by molar-refractivity contribution is 6.34. The number of nitrogens with one attached hydrogen (secondary N) is 1. The van der Waals surface area contributed by atoms with Gasteiger partial charge in [0.2, 0.25) is 0 Å². The molecule has 2 fully saturated rings. The first-order valence-electron chi connectivity index (χ1n) is 12.1. The van der Waals surface area contributed by atoms with E-state index in [0.29, 0.717) is 11.0 Å². The van der Waals surface area contributed by atoms with Gasteiger partial charge in [-0.3, -0.25) is 14.4 Å². The van der Waals surface area contributed by atoms with Gasteiger partial charge >= 0.3 is 0 Å². The number of rotatable bonds is 5. The Bertz CT molecular complexity index is 1440. The Kier molecular flexibility index (Phi) is 7.14. The molecule has 3 heterocycles. The van der Waals surface area contributed by atoms with Gasteiger partial charge < -0.3 is 35.2 Å². The lowest BCUT2D eigenvalue weighted by molar-refractivity contribution is -0.150. The summed E-state index contributed by atoms with van der Waals surface area (Å²) in [4.78, 5) is 41.6. The Balaban J connectivity index is 1.29. The number of nitrogens with zero attached hydrogens (tertiary/aromatic N) is 3. The van der Waals surface area contributed by atoms with E-state index in [4.69, 9.17) is 26.6 Å². The van der Waals surface area contributed by atoms with E-state index in [1.54, 1.807) is 6.07 Å². The number of benzene rings is 2. The van der Waals surface area contributed by atoms with Crippen molar-refractivity contribution in [3.8, 4) is 0 Å². The van der Waals surface area contributed by atoms with Gasteiger partial charge in [-0.15, -0.1) is 0 Å². The number of ether oxygens (including phenoxy) is 1. The molecule has 2 aromatic carbocycles. The maximum atomic E-state index is 13.5. The quantitative estimate of drug-likeness (QED) is 0.428. The highest BCUT2D eigenvalue weighted by Crippen LogP contribution is 2.31. The fraction of sp³-hybridized carbons (Fsp3) is 0.360. The molecule has 2 aliphatic heterocycles. The molecule has 206 valence electrons. The van der Waals surface area contributed by atoms with Crippen molar-refractivity contribution in [3.05, 3.63) is 47.0 Å². The number of halogens is 3. The van der Waals surface area contributed by atoms with E-state index < -0.39 is 48.7 Å². The van der Waals surface area contributed by atoms with Crippen molar-refractivity contribution in [2.75, 3.05) is 42.2 Å². The third kappa shape index (κ3) is 5.37. The van der Waals surface area contributed by atoms with Crippen molar-refractivity contribution in [1.82, 2.24) is 10.1 Å². The van der Waals surface area contributed by atoms with E-state index in [2.05, 4.69) is 10.5 Å². The second kappa shape index (κ2) is 10.4. The van der Waals surface area contributed by atoms with Crippen LogP contribution in [0.3, 0.4) is 0 Å². The number of aromatic nitrogens is 1. The number of aliphatic hydroxyl groups excluding tert-OH is 1. The van der Waals surface area contributed by atoms with Gasteiger partial charge in [-0.25, -0.2) is 8.78 Å². The topological polar surface area (TPSA) is 151 Å². The number of carbonyl (C=O) groups is 3. The molecule has 0 aliphatic carbocycles. The SMILES string of the molecule is Nc1noc2cc(NC(=O)[C@H](O)C3OCCN(c4ccc(Cl)c(C(=O)N5CCC(F)(F)CC5)c4)C3=O)ccc12. The first kappa shape index (κ1) is 26.8. The maximum Gasteiger partial charge on any atom is 0.259 e. The number of aliphatic hydroxyl groups is 1. The van der Waals surface area contributed by atoms with E-state index in [-0.39, 0.29) is 54.0 Å². The number of piperidine rings is 1. The van der Waals surface area contributed by atoms with Crippen LogP contribution < -0.4 is 16.0 Å².